The van der Waals surface area contributed by atoms with Crippen LogP contribution in [0.5, 0.6) is 0 Å². The summed E-state index contributed by atoms with van der Waals surface area (Å²) < 4.78 is 25.2. The molecule has 1 rings (SSSR count). The van der Waals surface area contributed by atoms with Gasteiger partial charge in [0.25, 0.3) is 0 Å². The van der Waals surface area contributed by atoms with Gasteiger partial charge in [0.05, 0.1) is 13.6 Å². The Morgan fingerprint density at radius 2 is 1.90 bits per heavy atom. The zero-order chi connectivity index (χ0) is 7.83. The molecule has 0 saturated carbocycles. The van der Waals surface area contributed by atoms with Crippen LogP contribution in [0.15, 0.2) is 0 Å². The Labute approximate surface area is 60.2 Å². The van der Waals surface area contributed by atoms with Crippen molar-refractivity contribution in [2.24, 2.45) is 0 Å². The summed E-state index contributed by atoms with van der Waals surface area (Å²) in [6.07, 6.45) is 0.993. The predicted octanol–water partition coefficient (Wildman–Crippen LogP) is 1.49. The van der Waals surface area contributed by atoms with E-state index in [-0.39, 0.29) is 13.1 Å². The topological polar surface area (TPSA) is 0 Å². The summed E-state index contributed by atoms with van der Waals surface area (Å²) in [5, 5.41) is 0. The molecule has 0 bridgehead atoms. The summed E-state index contributed by atoms with van der Waals surface area (Å²) >= 11 is 0. The third-order valence-electron chi connectivity index (χ3n) is 1.99. The number of hydrogen-bond donors (Lipinski definition) is 0. The van der Waals surface area contributed by atoms with Gasteiger partial charge in [-0.05, 0) is 6.42 Å². The zero-order valence-corrected chi connectivity index (χ0v) is 6.53. The maximum absolute atomic E-state index is 12.3. The molecule has 0 N–H and O–H groups in total. The van der Waals surface area contributed by atoms with E-state index in [4.69, 9.17) is 0 Å². The number of alkyl halides is 2. The molecule has 10 heavy (non-hydrogen) atoms. The minimum absolute atomic E-state index is 0.0425. The van der Waals surface area contributed by atoms with Crippen molar-refractivity contribution >= 4 is 0 Å². The fourth-order valence-corrected chi connectivity index (χ4v) is 1.77. The molecule has 1 heterocycles. The average molecular weight is 150 g/mol. The first-order valence-electron chi connectivity index (χ1n) is 3.69. The maximum atomic E-state index is 12.3. The summed E-state index contributed by atoms with van der Waals surface area (Å²) in [4.78, 5) is 0. The molecule has 0 aliphatic carbocycles. The van der Waals surface area contributed by atoms with E-state index in [1.807, 2.05) is 14.0 Å². The highest BCUT2D eigenvalue weighted by atomic mass is 19.3. The lowest BCUT2D eigenvalue weighted by Crippen LogP contribution is -2.68. The fourth-order valence-electron chi connectivity index (χ4n) is 1.77. The van der Waals surface area contributed by atoms with E-state index >= 15 is 0 Å². The maximum Gasteiger partial charge on any atom is 0.342 e. The summed E-state index contributed by atoms with van der Waals surface area (Å²) in [5.41, 5.74) is 0. The van der Waals surface area contributed by atoms with Gasteiger partial charge in [-0.15, -0.1) is 0 Å². The molecule has 0 aromatic heterocycles. The normalized spacial score (nSPS) is 27.6. The van der Waals surface area contributed by atoms with E-state index in [0.29, 0.717) is 4.48 Å². The quantitative estimate of drug-likeness (QED) is 0.523. The SMILES string of the molecule is CCC[N+]1(C)CC(F)(F)C1. The first kappa shape index (κ1) is 7.92. The first-order chi connectivity index (χ1) is 4.47. The summed E-state index contributed by atoms with van der Waals surface area (Å²) in [5.74, 6) is -2.37. The molecule has 1 fully saturated rings. The van der Waals surface area contributed by atoms with Crippen LogP contribution < -0.4 is 0 Å². The molecule has 1 aliphatic heterocycles. The number of rotatable bonds is 2. The standard InChI is InChI=1S/C7H14F2N/c1-3-4-10(2)5-7(8,9)6-10/h3-6H2,1-2H3/q+1. The first-order valence-corrected chi connectivity index (χ1v) is 3.69. The van der Waals surface area contributed by atoms with Crippen molar-refractivity contribution in [3.8, 4) is 0 Å². The van der Waals surface area contributed by atoms with Crippen LogP contribution >= 0.6 is 0 Å². The van der Waals surface area contributed by atoms with Crippen LogP contribution in [-0.2, 0) is 0 Å². The number of likely N-dealkylation sites (tertiary alicyclic amines) is 1. The van der Waals surface area contributed by atoms with E-state index in [9.17, 15) is 8.78 Å². The zero-order valence-electron chi connectivity index (χ0n) is 6.53. The van der Waals surface area contributed by atoms with Crippen molar-refractivity contribution in [3.05, 3.63) is 0 Å². The van der Waals surface area contributed by atoms with Gasteiger partial charge in [-0.2, -0.15) is 8.78 Å². The highest BCUT2D eigenvalue weighted by molar-refractivity contribution is 4.74. The molecular formula is C7H14F2N+. The molecule has 0 aromatic rings. The van der Waals surface area contributed by atoms with Crippen LogP contribution in [0.4, 0.5) is 8.78 Å². The average Bonchev–Trinajstić information content (AvgIpc) is 1.58. The van der Waals surface area contributed by atoms with Crippen molar-refractivity contribution < 1.29 is 13.3 Å². The highest BCUT2D eigenvalue weighted by Crippen LogP contribution is 2.32. The van der Waals surface area contributed by atoms with Gasteiger partial charge in [0.1, 0.15) is 13.1 Å². The molecule has 3 heteroatoms. The molecule has 1 saturated heterocycles. The van der Waals surface area contributed by atoms with Gasteiger partial charge in [0.15, 0.2) is 0 Å². The Morgan fingerprint density at radius 1 is 1.40 bits per heavy atom. The van der Waals surface area contributed by atoms with E-state index in [1.165, 1.54) is 0 Å². The molecule has 0 aromatic carbocycles. The second-order valence-corrected chi connectivity index (χ2v) is 3.52. The lowest BCUT2D eigenvalue weighted by molar-refractivity contribution is -0.969. The van der Waals surface area contributed by atoms with Crippen molar-refractivity contribution in [1.29, 1.82) is 0 Å². The summed E-state index contributed by atoms with van der Waals surface area (Å²) in [6.45, 7) is 3.00. The monoisotopic (exact) mass is 150 g/mol. The molecular weight excluding hydrogens is 136 g/mol. The van der Waals surface area contributed by atoms with Crippen LogP contribution in [0.2, 0.25) is 0 Å². The van der Waals surface area contributed by atoms with Crippen LogP contribution in [0.3, 0.4) is 0 Å². The largest absolute Gasteiger partial charge is 0.342 e. The van der Waals surface area contributed by atoms with Gasteiger partial charge in [0, 0.05) is 0 Å². The fraction of sp³-hybridized carbons (Fsp3) is 1.00. The van der Waals surface area contributed by atoms with Crippen molar-refractivity contribution in [3.63, 3.8) is 0 Å². The van der Waals surface area contributed by atoms with E-state index in [2.05, 4.69) is 0 Å². The third-order valence-corrected chi connectivity index (χ3v) is 1.99. The van der Waals surface area contributed by atoms with Gasteiger partial charge in [-0.1, -0.05) is 6.92 Å². The Morgan fingerprint density at radius 3 is 2.20 bits per heavy atom. The molecule has 0 spiro atoms. The molecule has 0 amide bonds. The summed E-state index contributed by atoms with van der Waals surface area (Å²) in [7, 11) is 1.89. The number of hydrogen-bond acceptors (Lipinski definition) is 0. The minimum atomic E-state index is -2.37. The van der Waals surface area contributed by atoms with Crippen molar-refractivity contribution in [1.82, 2.24) is 0 Å². The van der Waals surface area contributed by atoms with Gasteiger partial charge < -0.3 is 4.48 Å². The second-order valence-electron chi connectivity index (χ2n) is 3.52. The molecule has 0 radical (unpaired) electrons. The van der Waals surface area contributed by atoms with Gasteiger partial charge in [-0.3, -0.25) is 0 Å². The number of halogens is 2. The molecule has 1 nitrogen and oxygen atoms in total. The Bertz CT molecular complexity index is 126. The predicted molar refractivity (Wildman–Crippen MR) is 36.0 cm³/mol. The van der Waals surface area contributed by atoms with Gasteiger partial charge in [-0.25, -0.2) is 0 Å². The smallest absolute Gasteiger partial charge is 0.316 e. The lowest BCUT2D eigenvalue weighted by Gasteiger charge is -2.46. The highest BCUT2D eigenvalue weighted by Gasteiger charge is 2.54. The minimum Gasteiger partial charge on any atom is -0.316 e. The third kappa shape index (κ3) is 1.45. The Hall–Kier alpha value is -0.180. The second kappa shape index (κ2) is 2.16. The van der Waals surface area contributed by atoms with Crippen LogP contribution in [0, 0.1) is 0 Å². The molecule has 0 atom stereocenters. The van der Waals surface area contributed by atoms with E-state index in [0.717, 1.165) is 13.0 Å². The Balaban J connectivity index is 2.34. The van der Waals surface area contributed by atoms with E-state index in [1.54, 1.807) is 0 Å². The molecule has 60 valence electrons. The number of quaternary nitrogens is 1. The van der Waals surface area contributed by atoms with Crippen LogP contribution in [-0.4, -0.2) is 37.1 Å². The van der Waals surface area contributed by atoms with E-state index < -0.39 is 5.92 Å². The Kier molecular flexibility index (Phi) is 1.71. The van der Waals surface area contributed by atoms with Crippen molar-refractivity contribution in [2.45, 2.75) is 19.3 Å². The van der Waals surface area contributed by atoms with Gasteiger partial charge in [0.2, 0.25) is 0 Å². The lowest BCUT2D eigenvalue weighted by atomic mass is 10.1. The molecule has 1 aliphatic rings. The van der Waals surface area contributed by atoms with Crippen LogP contribution in [0.1, 0.15) is 13.3 Å². The number of nitrogens with zero attached hydrogens (tertiary/aromatic N) is 1. The summed E-state index contributed by atoms with van der Waals surface area (Å²) in [6, 6.07) is 0. The van der Waals surface area contributed by atoms with Crippen LogP contribution in [0.25, 0.3) is 0 Å². The molecule has 0 unspecified atom stereocenters. The van der Waals surface area contributed by atoms with Gasteiger partial charge >= 0.3 is 5.92 Å². The van der Waals surface area contributed by atoms with Crippen molar-refractivity contribution in [2.75, 3.05) is 26.7 Å².